The van der Waals surface area contributed by atoms with Crippen LogP contribution in [0.25, 0.3) is 11.0 Å². The van der Waals surface area contributed by atoms with Crippen LogP contribution in [0.2, 0.25) is 0 Å². The number of nitrogens with zero attached hydrogens (tertiary/aromatic N) is 3. The number of benzene rings is 1. The first-order valence-corrected chi connectivity index (χ1v) is 12.5. The Morgan fingerprint density at radius 1 is 1.06 bits per heavy atom. The van der Waals surface area contributed by atoms with Gasteiger partial charge in [-0.2, -0.15) is 0 Å². The van der Waals surface area contributed by atoms with Gasteiger partial charge >= 0.3 is 5.69 Å². The Kier molecular flexibility index (Phi) is 8.72. The average molecular weight is 458 g/mol. The first-order chi connectivity index (χ1) is 16.0. The molecule has 2 aromatic rings. The van der Waals surface area contributed by atoms with E-state index in [1.165, 1.54) is 0 Å². The van der Waals surface area contributed by atoms with E-state index >= 15 is 0 Å². The second-order valence-electron chi connectivity index (χ2n) is 8.96. The highest BCUT2D eigenvalue weighted by atomic mass is 16.2. The van der Waals surface area contributed by atoms with Gasteiger partial charge in [0, 0.05) is 44.3 Å². The molecule has 0 unspecified atom stereocenters. The number of nitrogens with one attached hydrogen (secondary N) is 2. The van der Waals surface area contributed by atoms with Gasteiger partial charge in [0.15, 0.2) is 0 Å². The van der Waals surface area contributed by atoms with Gasteiger partial charge in [0.05, 0.1) is 17.6 Å². The largest absolute Gasteiger partial charge is 0.352 e. The number of fused-ring (bicyclic) bond motifs is 1. The van der Waals surface area contributed by atoms with E-state index in [1.54, 1.807) is 12.1 Å². The van der Waals surface area contributed by atoms with Crippen LogP contribution in [0.1, 0.15) is 69.8 Å². The normalized spacial score (nSPS) is 18.1. The topological polar surface area (TPSA) is 90.4 Å². The van der Waals surface area contributed by atoms with E-state index in [0.29, 0.717) is 30.1 Å². The van der Waals surface area contributed by atoms with Crippen molar-refractivity contribution in [2.45, 2.75) is 59.4 Å². The van der Waals surface area contributed by atoms with Crippen LogP contribution in [0.5, 0.6) is 0 Å². The van der Waals surface area contributed by atoms with Crippen LogP contribution in [0.3, 0.4) is 0 Å². The van der Waals surface area contributed by atoms with Gasteiger partial charge < -0.3 is 15.2 Å². The molecule has 33 heavy (non-hydrogen) atoms. The van der Waals surface area contributed by atoms with E-state index in [4.69, 9.17) is 0 Å². The number of H-pyrrole nitrogens is 1. The number of likely N-dealkylation sites (tertiary alicyclic amines) is 2. The van der Waals surface area contributed by atoms with Crippen molar-refractivity contribution >= 4 is 22.8 Å². The SMILES string of the molecule is CC.CCNC(=O)c1ccc2c(c1)[nH]c(=O)n2C1CCN(CC(=O)N2CCC(C)CC2)CC1. The Morgan fingerprint density at radius 2 is 1.73 bits per heavy atom. The van der Waals surface area contributed by atoms with E-state index in [-0.39, 0.29) is 23.5 Å². The van der Waals surface area contributed by atoms with Gasteiger partial charge in [-0.15, -0.1) is 0 Å². The summed E-state index contributed by atoms with van der Waals surface area (Å²) in [5.41, 5.74) is 1.92. The predicted molar refractivity (Wildman–Crippen MR) is 132 cm³/mol. The first-order valence-electron chi connectivity index (χ1n) is 12.5. The number of aromatic nitrogens is 2. The molecule has 2 saturated heterocycles. The number of amides is 2. The highest BCUT2D eigenvalue weighted by Crippen LogP contribution is 2.25. The lowest BCUT2D eigenvalue weighted by Crippen LogP contribution is -2.46. The third-order valence-electron chi connectivity index (χ3n) is 6.73. The molecule has 0 saturated carbocycles. The number of carbonyl (C=O) groups excluding carboxylic acids is 2. The lowest BCUT2D eigenvalue weighted by atomic mass is 9.99. The van der Waals surface area contributed by atoms with Gasteiger partial charge in [0.25, 0.3) is 5.91 Å². The quantitative estimate of drug-likeness (QED) is 0.722. The summed E-state index contributed by atoms with van der Waals surface area (Å²) < 4.78 is 1.82. The fourth-order valence-corrected chi connectivity index (χ4v) is 4.78. The molecule has 0 atom stereocenters. The molecule has 1 aromatic carbocycles. The summed E-state index contributed by atoms with van der Waals surface area (Å²) in [6.07, 6.45) is 3.85. The zero-order valence-corrected chi connectivity index (χ0v) is 20.5. The van der Waals surface area contributed by atoms with Crippen LogP contribution in [-0.2, 0) is 4.79 Å². The summed E-state index contributed by atoms with van der Waals surface area (Å²) in [5.74, 6) is 0.804. The number of carbonyl (C=O) groups is 2. The maximum atomic E-state index is 12.7. The molecule has 0 aliphatic carbocycles. The number of imidazole rings is 1. The molecule has 2 aliphatic heterocycles. The molecule has 0 radical (unpaired) electrons. The van der Waals surface area contributed by atoms with Gasteiger partial charge in [-0.05, 0) is 56.7 Å². The molecule has 2 fully saturated rings. The second kappa shape index (κ2) is 11.5. The maximum absolute atomic E-state index is 12.7. The number of piperidine rings is 2. The molecule has 2 amide bonds. The van der Waals surface area contributed by atoms with Gasteiger partial charge in [0.2, 0.25) is 5.91 Å². The zero-order valence-electron chi connectivity index (χ0n) is 20.5. The standard InChI is InChI=1S/C23H33N5O3.C2H6/c1-3-24-22(30)17-4-5-20-19(14-17)25-23(31)28(20)18-8-10-26(11-9-18)15-21(29)27-12-6-16(2)7-13-27;1-2/h4-5,14,16,18H,3,6-13,15H2,1-2H3,(H,24,30)(H,25,31);1-2H3. The molecule has 2 N–H and O–H groups in total. The third kappa shape index (κ3) is 5.85. The maximum Gasteiger partial charge on any atom is 0.326 e. The van der Waals surface area contributed by atoms with Crippen molar-refractivity contribution in [1.82, 2.24) is 24.7 Å². The summed E-state index contributed by atoms with van der Waals surface area (Å²) in [6, 6.07) is 5.46. The molecule has 8 nitrogen and oxygen atoms in total. The Labute approximate surface area is 196 Å². The van der Waals surface area contributed by atoms with Crippen molar-refractivity contribution in [2.24, 2.45) is 5.92 Å². The van der Waals surface area contributed by atoms with Crippen molar-refractivity contribution in [3.63, 3.8) is 0 Å². The Morgan fingerprint density at radius 3 is 2.36 bits per heavy atom. The lowest BCUT2D eigenvalue weighted by Gasteiger charge is -2.35. The van der Waals surface area contributed by atoms with Crippen molar-refractivity contribution in [1.29, 1.82) is 0 Å². The highest BCUT2D eigenvalue weighted by Gasteiger charge is 2.27. The Hall–Kier alpha value is -2.61. The molecule has 0 spiro atoms. The number of hydrogen-bond donors (Lipinski definition) is 2. The number of rotatable bonds is 5. The van der Waals surface area contributed by atoms with Gasteiger partial charge in [-0.3, -0.25) is 19.1 Å². The van der Waals surface area contributed by atoms with Crippen LogP contribution in [0.4, 0.5) is 0 Å². The van der Waals surface area contributed by atoms with E-state index in [1.807, 2.05) is 36.3 Å². The summed E-state index contributed by atoms with van der Waals surface area (Å²) >= 11 is 0. The van der Waals surface area contributed by atoms with Crippen molar-refractivity contribution in [3.05, 3.63) is 34.2 Å². The highest BCUT2D eigenvalue weighted by molar-refractivity contribution is 5.97. The molecule has 1 aromatic heterocycles. The fourth-order valence-electron chi connectivity index (χ4n) is 4.78. The Bertz CT molecular complexity index is 995. The van der Waals surface area contributed by atoms with E-state index < -0.39 is 0 Å². The summed E-state index contributed by atoms with van der Waals surface area (Å²) in [5, 5.41) is 2.78. The van der Waals surface area contributed by atoms with E-state index in [9.17, 15) is 14.4 Å². The first kappa shape index (κ1) is 25.0. The van der Waals surface area contributed by atoms with E-state index in [0.717, 1.165) is 57.4 Å². The molecular formula is C25H39N5O3. The molecule has 4 rings (SSSR count). The molecule has 8 heteroatoms. The van der Waals surface area contributed by atoms with E-state index in [2.05, 4.69) is 22.1 Å². The summed E-state index contributed by atoms with van der Waals surface area (Å²) in [7, 11) is 0. The second-order valence-corrected chi connectivity index (χ2v) is 8.96. The molecule has 0 bridgehead atoms. The minimum atomic E-state index is -0.140. The minimum Gasteiger partial charge on any atom is -0.352 e. The van der Waals surface area contributed by atoms with Gasteiger partial charge in [-0.25, -0.2) is 4.79 Å². The van der Waals surface area contributed by atoms with Crippen LogP contribution >= 0.6 is 0 Å². The zero-order chi connectivity index (χ0) is 24.0. The lowest BCUT2D eigenvalue weighted by molar-refractivity contribution is -0.134. The monoisotopic (exact) mass is 457 g/mol. The summed E-state index contributed by atoms with van der Waals surface area (Å²) in [4.78, 5) is 44.5. The van der Waals surface area contributed by atoms with Crippen LogP contribution in [0, 0.1) is 5.92 Å². The molecular weight excluding hydrogens is 418 g/mol. The molecule has 2 aliphatic rings. The number of hydrogen-bond acceptors (Lipinski definition) is 4. The van der Waals surface area contributed by atoms with Crippen molar-refractivity contribution in [3.8, 4) is 0 Å². The van der Waals surface area contributed by atoms with Gasteiger partial charge in [-0.1, -0.05) is 20.8 Å². The average Bonchev–Trinajstić information content (AvgIpc) is 3.16. The number of aromatic amines is 1. The van der Waals surface area contributed by atoms with Crippen LogP contribution < -0.4 is 11.0 Å². The molecule has 3 heterocycles. The fraction of sp³-hybridized carbons (Fsp3) is 0.640. The smallest absolute Gasteiger partial charge is 0.326 e. The Balaban J connectivity index is 0.00000149. The molecule has 182 valence electrons. The predicted octanol–water partition coefficient (Wildman–Crippen LogP) is 3.00. The van der Waals surface area contributed by atoms with Crippen molar-refractivity contribution in [2.75, 3.05) is 39.3 Å². The minimum absolute atomic E-state index is 0.0961. The van der Waals surface area contributed by atoms with Crippen LogP contribution in [0.15, 0.2) is 23.0 Å². The third-order valence-corrected chi connectivity index (χ3v) is 6.73. The summed E-state index contributed by atoms with van der Waals surface area (Å²) in [6.45, 7) is 12.5. The van der Waals surface area contributed by atoms with Crippen molar-refractivity contribution < 1.29 is 9.59 Å². The van der Waals surface area contributed by atoms with Gasteiger partial charge in [0.1, 0.15) is 0 Å². The van der Waals surface area contributed by atoms with Crippen LogP contribution in [-0.4, -0.2) is 70.4 Å².